The van der Waals surface area contributed by atoms with E-state index in [1.54, 1.807) is 0 Å². The van der Waals surface area contributed by atoms with Crippen molar-refractivity contribution in [2.75, 3.05) is 11.5 Å². The Bertz CT molecular complexity index is 523. The molecule has 108 valence electrons. The van der Waals surface area contributed by atoms with Gasteiger partial charge in [0.2, 0.25) is 0 Å². The Morgan fingerprint density at radius 1 is 1.21 bits per heavy atom. The van der Waals surface area contributed by atoms with Crippen molar-refractivity contribution in [2.45, 2.75) is 25.8 Å². The van der Waals surface area contributed by atoms with Crippen molar-refractivity contribution < 1.29 is 21.6 Å². The first kappa shape index (κ1) is 16.0. The maximum atomic E-state index is 13.4. The molecule has 19 heavy (non-hydrogen) atoms. The van der Waals surface area contributed by atoms with Gasteiger partial charge in [-0.05, 0) is 12.8 Å². The highest BCUT2D eigenvalue weighted by Gasteiger charge is 2.19. The van der Waals surface area contributed by atoms with Crippen LogP contribution in [0.4, 0.5) is 13.2 Å². The molecule has 0 saturated carbocycles. The van der Waals surface area contributed by atoms with Crippen LogP contribution in [0.15, 0.2) is 12.1 Å². The van der Waals surface area contributed by atoms with Crippen LogP contribution in [0.25, 0.3) is 0 Å². The number of nitrogens with two attached hydrogens (primary N) is 1. The van der Waals surface area contributed by atoms with Gasteiger partial charge in [-0.1, -0.05) is 6.92 Å². The van der Waals surface area contributed by atoms with Crippen LogP contribution in [0.2, 0.25) is 0 Å². The fraction of sp³-hybridized carbons (Fsp3) is 0.500. The first-order valence-corrected chi connectivity index (χ1v) is 7.69. The molecule has 0 bridgehead atoms. The minimum atomic E-state index is -3.13. The molecule has 1 aromatic carbocycles. The smallest absolute Gasteiger partial charge is 0.150 e. The number of rotatable bonds is 6. The number of sulfone groups is 1. The van der Waals surface area contributed by atoms with Gasteiger partial charge in [-0.15, -0.1) is 0 Å². The highest BCUT2D eigenvalue weighted by Crippen LogP contribution is 2.23. The van der Waals surface area contributed by atoms with Gasteiger partial charge < -0.3 is 5.73 Å². The molecule has 0 saturated heterocycles. The van der Waals surface area contributed by atoms with E-state index in [0.29, 0.717) is 12.1 Å². The van der Waals surface area contributed by atoms with E-state index in [1.165, 1.54) is 6.92 Å². The van der Waals surface area contributed by atoms with E-state index in [9.17, 15) is 21.6 Å². The van der Waals surface area contributed by atoms with E-state index in [1.807, 2.05) is 0 Å². The monoisotopic (exact) mass is 295 g/mol. The van der Waals surface area contributed by atoms with Crippen LogP contribution in [0, 0.1) is 17.5 Å². The van der Waals surface area contributed by atoms with Crippen molar-refractivity contribution in [3.8, 4) is 0 Å². The highest BCUT2D eigenvalue weighted by atomic mass is 32.2. The molecule has 0 aliphatic heterocycles. The molecule has 1 atom stereocenters. The van der Waals surface area contributed by atoms with E-state index in [4.69, 9.17) is 5.73 Å². The van der Waals surface area contributed by atoms with Crippen molar-refractivity contribution in [3.05, 3.63) is 35.1 Å². The van der Waals surface area contributed by atoms with Gasteiger partial charge in [0, 0.05) is 29.5 Å². The molecule has 1 aromatic rings. The Morgan fingerprint density at radius 3 is 2.21 bits per heavy atom. The van der Waals surface area contributed by atoms with Crippen molar-refractivity contribution in [1.29, 1.82) is 0 Å². The first-order chi connectivity index (χ1) is 8.76. The van der Waals surface area contributed by atoms with E-state index in [2.05, 4.69) is 0 Å². The summed E-state index contributed by atoms with van der Waals surface area (Å²) in [6.45, 7) is 1.52. The lowest BCUT2D eigenvalue weighted by molar-refractivity contribution is 0.490. The summed E-state index contributed by atoms with van der Waals surface area (Å²) in [5, 5.41) is 0. The molecule has 0 amide bonds. The Labute approximate surface area is 110 Å². The van der Waals surface area contributed by atoms with Gasteiger partial charge in [-0.3, -0.25) is 0 Å². The lowest BCUT2D eigenvalue weighted by Crippen LogP contribution is -2.17. The predicted octanol–water partition coefficient (Wildman–Crippen LogP) is 2.32. The average Bonchev–Trinajstić information content (AvgIpc) is 2.27. The maximum Gasteiger partial charge on any atom is 0.150 e. The fourth-order valence-electron chi connectivity index (χ4n) is 1.72. The summed E-state index contributed by atoms with van der Waals surface area (Å²) in [6.07, 6.45) is 0.312. The molecule has 0 spiro atoms. The minimum Gasteiger partial charge on any atom is -0.324 e. The van der Waals surface area contributed by atoms with Crippen LogP contribution in [-0.4, -0.2) is 19.9 Å². The van der Waals surface area contributed by atoms with E-state index >= 15 is 0 Å². The third-order valence-electron chi connectivity index (χ3n) is 2.82. The third kappa shape index (κ3) is 4.50. The molecule has 7 heteroatoms. The molecular weight excluding hydrogens is 279 g/mol. The van der Waals surface area contributed by atoms with E-state index < -0.39 is 38.9 Å². The SMILES string of the molecule is CCS(=O)(=O)CCCC(N)c1c(F)cc(F)cc1F. The lowest BCUT2D eigenvalue weighted by atomic mass is 10.0. The van der Waals surface area contributed by atoms with E-state index in [-0.39, 0.29) is 24.3 Å². The summed E-state index contributed by atoms with van der Waals surface area (Å²) in [6, 6.07) is 0.120. The van der Waals surface area contributed by atoms with Gasteiger partial charge in [0.1, 0.15) is 27.3 Å². The molecule has 2 N–H and O–H groups in total. The molecule has 0 radical (unpaired) electrons. The van der Waals surface area contributed by atoms with Gasteiger partial charge in [-0.2, -0.15) is 0 Å². The van der Waals surface area contributed by atoms with Crippen LogP contribution in [-0.2, 0) is 9.84 Å². The van der Waals surface area contributed by atoms with Crippen LogP contribution in [0.5, 0.6) is 0 Å². The zero-order valence-electron chi connectivity index (χ0n) is 10.5. The molecule has 0 aliphatic carbocycles. The Kier molecular flexibility index (Phi) is 5.37. The van der Waals surface area contributed by atoms with Gasteiger partial charge in [0.15, 0.2) is 0 Å². The number of benzene rings is 1. The van der Waals surface area contributed by atoms with Crippen molar-refractivity contribution in [3.63, 3.8) is 0 Å². The van der Waals surface area contributed by atoms with Gasteiger partial charge in [0.05, 0.1) is 5.75 Å². The molecule has 0 aliphatic rings. The number of hydrogen-bond acceptors (Lipinski definition) is 3. The molecule has 0 aromatic heterocycles. The number of halogens is 3. The second-order valence-electron chi connectivity index (χ2n) is 4.27. The zero-order valence-corrected chi connectivity index (χ0v) is 11.3. The zero-order chi connectivity index (χ0) is 14.6. The summed E-state index contributed by atoms with van der Waals surface area (Å²) in [5.41, 5.74) is 5.21. The Morgan fingerprint density at radius 2 is 1.74 bits per heavy atom. The minimum absolute atomic E-state index is 0.0154. The van der Waals surface area contributed by atoms with Crippen molar-refractivity contribution in [2.24, 2.45) is 5.73 Å². The fourth-order valence-corrected chi connectivity index (χ4v) is 2.61. The summed E-state index contributed by atoms with van der Waals surface area (Å²) < 4.78 is 62.1. The molecule has 0 fully saturated rings. The second kappa shape index (κ2) is 6.38. The van der Waals surface area contributed by atoms with Gasteiger partial charge >= 0.3 is 0 Å². The topological polar surface area (TPSA) is 60.2 Å². The number of hydrogen-bond donors (Lipinski definition) is 1. The van der Waals surface area contributed by atoms with Crippen LogP contribution < -0.4 is 5.73 Å². The van der Waals surface area contributed by atoms with E-state index in [0.717, 1.165) is 0 Å². The maximum absolute atomic E-state index is 13.4. The van der Waals surface area contributed by atoms with Crippen LogP contribution in [0.3, 0.4) is 0 Å². The van der Waals surface area contributed by atoms with Gasteiger partial charge in [0.25, 0.3) is 0 Å². The molecular formula is C12H16F3NO2S. The summed E-state index contributed by atoms with van der Waals surface area (Å²) in [4.78, 5) is 0. The standard InChI is InChI=1S/C12H16F3NO2S/c1-2-19(17,18)5-3-4-11(16)12-9(14)6-8(13)7-10(12)15/h6-7,11H,2-5,16H2,1H3. The largest absolute Gasteiger partial charge is 0.324 e. The quantitative estimate of drug-likeness (QED) is 0.876. The molecule has 0 heterocycles. The Hall–Kier alpha value is -1.08. The van der Waals surface area contributed by atoms with Gasteiger partial charge in [-0.25, -0.2) is 21.6 Å². The molecule has 3 nitrogen and oxygen atoms in total. The van der Waals surface area contributed by atoms with Crippen molar-refractivity contribution in [1.82, 2.24) is 0 Å². The third-order valence-corrected chi connectivity index (χ3v) is 4.62. The van der Waals surface area contributed by atoms with Crippen molar-refractivity contribution >= 4 is 9.84 Å². The van der Waals surface area contributed by atoms with Crippen LogP contribution in [0.1, 0.15) is 31.4 Å². The summed E-state index contributed by atoms with van der Waals surface area (Å²) >= 11 is 0. The molecule has 1 unspecified atom stereocenters. The summed E-state index contributed by atoms with van der Waals surface area (Å²) in [7, 11) is -3.13. The lowest BCUT2D eigenvalue weighted by Gasteiger charge is -2.14. The van der Waals surface area contributed by atoms with Crippen LogP contribution >= 0.6 is 0 Å². The second-order valence-corrected chi connectivity index (χ2v) is 6.74. The first-order valence-electron chi connectivity index (χ1n) is 5.87. The average molecular weight is 295 g/mol. The predicted molar refractivity (Wildman–Crippen MR) is 66.8 cm³/mol. The Balaban J connectivity index is 2.72. The molecule has 1 rings (SSSR count). The highest BCUT2D eigenvalue weighted by molar-refractivity contribution is 7.91. The normalized spacial score (nSPS) is 13.5. The summed E-state index contributed by atoms with van der Waals surface area (Å²) in [5.74, 6) is -3.19.